The van der Waals surface area contributed by atoms with Crippen LogP contribution < -0.4 is 5.32 Å². The van der Waals surface area contributed by atoms with Gasteiger partial charge in [-0.15, -0.1) is 0 Å². The van der Waals surface area contributed by atoms with Crippen LogP contribution in [0.3, 0.4) is 0 Å². The summed E-state index contributed by atoms with van der Waals surface area (Å²) in [5, 5.41) is 3.06. The molecule has 3 aromatic rings. The molecule has 220 valence electrons. The topological polar surface area (TPSA) is 92.3 Å². The normalized spacial score (nSPS) is 18.7. The number of hydrogen-bond acceptors (Lipinski definition) is 6. The van der Waals surface area contributed by atoms with Crippen LogP contribution in [-0.4, -0.2) is 53.9 Å². The summed E-state index contributed by atoms with van der Waals surface area (Å²) in [7, 11) is -2.23. The van der Waals surface area contributed by atoms with Crippen molar-refractivity contribution in [3.05, 3.63) is 59.4 Å². The van der Waals surface area contributed by atoms with Gasteiger partial charge in [-0.2, -0.15) is 26.3 Å². The lowest BCUT2D eigenvalue weighted by Gasteiger charge is -2.34. The van der Waals surface area contributed by atoms with Crippen LogP contribution in [0.1, 0.15) is 54.5 Å². The van der Waals surface area contributed by atoms with Gasteiger partial charge in [-0.3, -0.25) is 9.78 Å². The molecule has 2 aromatic heterocycles. The first kappa shape index (κ1) is 29.1. The first-order chi connectivity index (χ1) is 19.1. The van der Waals surface area contributed by atoms with Crippen LogP contribution in [0.5, 0.6) is 0 Å². The van der Waals surface area contributed by atoms with Crippen molar-refractivity contribution >= 4 is 38.2 Å². The SMILES string of the molecule is CN(C(=O)C1CCS(=O)(=O)CC1)[C@@H](c1ccc(Nc2cnc3ccc(C(F)(F)F)nc3c2C2CC2)cc1)C(F)(F)F. The lowest BCUT2D eigenvalue weighted by atomic mass is 9.98. The summed E-state index contributed by atoms with van der Waals surface area (Å²) < 4.78 is 106. The first-order valence-electron chi connectivity index (χ1n) is 12.9. The number of amides is 1. The largest absolute Gasteiger partial charge is 0.433 e. The smallest absolute Gasteiger partial charge is 0.354 e. The van der Waals surface area contributed by atoms with Crippen molar-refractivity contribution in [1.29, 1.82) is 0 Å². The zero-order valence-electron chi connectivity index (χ0n) is 21.8. The second-order valence-electron chi connectivity index (χ2n) is 10.5. The number of rotatable bonds is 6. The summed E-state index contributed by atoms with van der Waals surface area (Å²) in [6.45, 7) is 0. The maximum Gasteiger partial charge on any atom is 0.433 e. The third-order valence-corrected chi connectivity index (χ3v) is 9.20. The van der Waals surface area contributed by atoms with Gasteiger partial charge in [0.15, 0.2) is 6.04 Å². The Bertz CT molecular complexity index is 1560. The van der Waals surface area contributed by atoms with Crippen LogP contribution in [0.15, 0.2) is 42.6 Å². The zero-order valence-corrected chi connectivity index (χ0v) is 22.6. The number of benzene rings is 1. The Morgan fingerprint density at radius 1 is 0.976 bits per heavy atom. The minimum absolute atomic E-state index is 0.0256. The number of anilines is 2. The Morgan fingerprint density at radius 3 is 2.17 bits per heavy atom. The molecule has 41 heavy (non-hydrogen) atoms. The second-order valence-corrected chi connectivity index (χ2v) is 12.8. The molecule has 0 radical (unpaired) electrons. The number of pyridine rings is 2. The molecule has 1 atom stereocenters. The van der Waals surface area contributed by atoms with E-state index in [1.807, 2.05) is 0 Å². The molecule has 14 heteroatoms. The molecule has 3 heterocycles. The fraction of sp³-hybridized carbons (Fsp3) is 0.444. The molecule has 1 saturated carbocycles. The number of alkyl halides is 6. The number of nitrogens with zero attached hydrogens (tertiary/aromatic N) is 3. The highest BCUT2D eigenvalue weighted by atomic mass is 32.2. The third kappa shape index (κ3) is 6.26. The van der Waals surface area contributed by atoms with E-state index in [4.69, 9.17) is 0 Å². The van der Waals surface area contributed by atoms with E-state index >= 15 is 0 Å². The maximum atomic E-state index is 14.2. The molecule has 1 N–H and O–H groups in total. The average molecular weight is 601 g/mol. The van der Waals surface area contributed by atoms with Crippen molar-refractivity contribution in [2.75, 3.05) is 23.9 Å². The van der Waals surface area contributed by atoms with Gasteiger partial charge in [-0.25, -0.2) is 13.4 Å². The summed E-state index contributed by atoms with van der Waals surface area (Å²) in [5.41, 5.74) is 0.537. The first-order valence-corrected chi connectivity index (χ1v) is 14.7. The molecule has 0 spiro atoms. The maximum absolute atomic E-state index is 14.2. The molecule has 7 nitrogen and oxygen atoms in total. The highest BCUT2D eigenvalue weighted by molar-refractivity contribution is 7.91. The number of sulfone groups is 1. The van der Waals surface area contributed by atoms with Crippen LogP contribution in [0.4, 0.5) is 37.7 Å². The number of hydrogen-bond donors (Lipinski definition) is 1. The van der Waals surface area contributed by atoms with Crippen LogP contribution in [-0.2, 0) is 20.8 Å². The molecule has 0 bridgehead atoms. The Labute approximate surface area is 231 Å². The van der Waals surface area contributed by atoms with E-state index in [2.05, 4.69) is 15.3 Å². The summed E-state index contributed by atoms with van der Waals surface area (Å²) in [6, 6.07) is 5.10. The quantitative estimate of drug-likeness (QED) is 0.341. The molecule has 2 fully saturated rings. The summed E-state index contributed by atoms with van der Waals surface area (Å²) >= 11 is 0. The molecular formula is C27H26F6N4O3S. The number of carbonyl (C=O) groups is 1. The summed E-state index contributed by atoms with van der Waals surface area (Å²) in [5.74, 6) is -2.10. The molecule has 2 aliphatic rings. The molecule has 0 unspecified atom stereocenters. The van der Waals surface area contributed by atoms with Gasteiger partial charge in [0.1, 0.15) is 15.5 Å². The van der Waals surface area contributed by atoms with Crippen molar-refractivity contribution < 1.29 is 39.6 Å². The van der Waals surface area contributed by atoms with Crippen LogP contribution in [0.2, 0.25) is 0 Å². The van der Waals surface area contributed by atoms with Gasteiger partial charge in [0.2, 0.25) is 5.91 Å². The van der Waals surface area contributed by atoms with Gasteiger partial charge in [0.25, 0.3) is 0 Å². The standard InChI is InChI=1S/C27H26F6N4O3S/c1-37(25(38)17-10-12-41(39,40)13-11-17)24(27(31,32)33)16-4-6-18(7-5-16)35-20-14-34-19-8-9-21(26(28,29)30)36-23(19)22(20)15-2-3-15/h4-9,14-15,17,24,35H,2-3,10-13H2,1H3/t24-/m0/s1. The zero-order chi connectivity index (χ0) is 29.7. The number of fused-ring (bicyclic) bond motifs is 1. The molecule has 1 saturated heterocycles. The third-order valence-electron chi connectivity index (χ3n) is 7.48. The second kappa shape index (κ2) is 10.4. The van der Waals surface area contributed by atoms with Crippen molar-refractivity contribution in [1.82, 2.24) is 14.9 Å². The summed E-state index contributed by atoms with van der Waals surface area (Å²) in [4.78, 5) is 21.6. The highest BCUT2D eigenvalue weighted by Gasteiger charge is 2.46. The summed E-state index contributed by atoms with van der Waals surface area (Å²) in [6.07, 6.45) is -6.51. The van der Waals surface area contributed by atoms with E-state index in [9.17, 15) is 39.6 Å². The van der Waals surface area contributed by atoms with Crippen LogP contribution in [0, 0.1) is 5.92 Å². The van der Waals surface area contributed by atoms with Gasteiger partial charge in [0, 0.05) is 24.2 Å². The van der Waals surface area contributed by atoms with Gasteiger partial charge < -0.3 is 10.2 Å². The van der Waals surface area contributed by atoms with Gasteiger partial charge in [-0.05, 0) is 61.4 Å². The molecular weight excluding hydrogens is 574 g/mol. The fourth-order valence-electron chi connectivity index (χ4n) is 5.22. The van der Waals surface area contributed by atoms with Crippen molar-refractivity contribution in [2.45, 2.75) is 50.0 Å². The lowest BCUT2D eigenvalue weighted by Crippen LogP contribution is -2.44. The van der Waals surface area contributed by atoms with Crippen molar-refractivity contribution in [3.63, 3.8) is 0 Å². The minimum atomic E-state index is -4.80. The van der Waals surface area contributed by atoms with Crippen molar-refractivity contribution in [3.8, 4) is 0 Å². The number of nitrogens with one attached hydrogen (secondary N) is 1. The van der Waals surface area contributed by atoms with E-state index < -0.39 is 45.8 Å². The predicted octanol–water partition coefficient (Wildman–Crippen LogP) is 6.16. The average Bonchev–Trinajstić information content (AvgIpc) is 3.73. The Kier molecular flexibility index (Phi) is 7.41. The van der Waals surface area contributed by atoms with Gasteiger partial charge >= 0.3 is 12.4 Å². The van der Waals surface area contributed by atoms with Gasteiger partial charge in [-0.1, -0.05) is 12.1 Å². The molecule has 1 aliphatic heterocycles. The fourth-order valence-corrected chi connectivity index (χ4v) is 6.71. The van der Waals surface area contributed by atoms with E-state index in [1.54, 1.807) is 0 Å². The molecule has 1 aliphatic carbocycles. The Balaban J connectivity index is 1.40. The van der Waals surface area contributed by atoms with E-state index in [0.29, 0.717) is 27.4 Å². The molecule has 1 aromatic carbocycles. The number of carbonyl (C=O) groups excluding carboxylic acids is 1. The van der Waals surface area contributed by atoms with Gasteiger partial charge in [0.05, 0.1) is 34.4 Å². The van der Waals surface area contributed by atoms with E-state index in [1.165, 1.54) is 36.5 Å². The van der Waals surface area contributed by atoms with E-state index in [-0.39, 0.29) is 41.3 Å². The monoisotopic (exact) mass is 600 g/mol. The van der Waals surface area contributed by atoms with Crippen molar-refractivity contribution in [2.24, 2.45) is 5.92 Å². The number of aromatic nitrogens is 2. The molecule has 5 rings (SSSR count). The predicted molar refractivity (Wildman–Crippen MR) is 139 cm³/mol. The molecule has 1 amide bonds. The Hall–Kier alpha value is -3.42. The Morgan fingerprint density at radius 2 is 1.61 bits per heavy atom. The van der Waals surface area contributed by atoms with E-state index in [0.717, 1.165) is 26.0 Å². The number of halogens is 6. The van der Waals surface area contributed by atoms with Crippen LogP contribution >= 0.6 is 0 Å². The van der Waals surface area contributed by atoms with Crippen LogP contribution in [0.25, 0.3) is 11.0 Å². The lowest BCUT2D eigenvalue weighted by molar-refractivity contribution is -0.190. The highest BCUT2D eigenvalue weighted by Crippen LogP contribution is 2.47. The minimum Gasteiger partial charge on any atom is -0.354 e.